The van der Waals surface area contributed by atoms with Crippen molar-refractivity contribution in [2.24, 2.45) is 5.73 Å². The maximum absolute atomic E-state index is 12.3. The predicted molar refractivity (Wildman–Crippen MR) is 86.0 cm³/mol. The molecule has 8 nitrogen and oxygen atoms in total. The maximum atomic E-state index is 12.3. The molecular formula is C14H19N5O3S. The highest BCUT2D eigenvalue weighted by molar-refractivity contribution is 7.10. The van der Waals surface area contributed by atoms with Gasteiger partial charge in [0, 0.05) is 22.4 Å². The number of amides is 3. The number of hydrogen-bond acceptors (Lipinski definition) is 5. The zero-order chi connectivity index (χ0) is 16.8. The summed E-state index contributed by atoms with van der Waals surface area (Å²) in [4.78, 5) is 36.9. The molecule has 0 saturated carbocycles. The van der Waals surface area contributed by atoms with Gasteiger partial charge in [-0.25, -0.2) is 0 Å². The Bertz CT molecular complexity index is 615. The van der Waals surface area contributed by atoms with Crippen LogP contribution in [0, 0.1) is 5.41 Å². The van der Waals surface area contributed by atoms with Gasteiger partial charge in [0.2, 0.25) is 18.2 Å². The molecule has 2 rings (SSSR count). The number of likely N-dealkylation sites (tertiary alicyclic amines) is 1. The highest BCUT2D eigenvalue weighted by atomic mass is 32.1. The lowest BCUT2D eigenvalue weighted by Crippen LogP contribution is -2.48. The van der Waals surface area contributed by atoms with E-state index in [4.69, 9.17) is 11.1 Å². The topological polar surface area (TPSA) is 128 Å². The lowest BCUT2D eigenvalue weighted by Gasteiger charge is -2.23. The van der Waals surface area contributed by atoms with Crippen LogP contribution in [0.1, 0.15) is 23.3 Å². The first kappa shape index (κ1) is 16.9. The van der Waals surface area contributed by atoms with Gasteiger partial charge in [-0.15, -0.1) is 11.3 Å². The molecule has 1 fully saturated rings. The molecule has 9 heteroatoms. The number of nitrogen functional groups attached to an aromatic ring is 1. The van der Waals surface area contributed by atoms with Gasteiger partial charge in [0.1, 0.15) is 11.9 Å². The molecule has 1 unspecified atom stereocenters. The first-order chi connectivity index (χ1) is 11.0. The lowest BCUT2D eigenvalue weighted by atomic mass is 10.2. The van der Waals surface area contributed by atoms with Crippen molar-refractivity contribution in [3.05, 3.63) is 21.9 Å². The minimum atomic E-state index is -0.497. The Hall–Kier alpha value is -2.42. The summed E-state index contributed by atoms with van der Waals surface area (Å²) >= 11 is 1.42. The highest BCUT2D eigenvalue weighted by Crippen LogP contribution is 2.18. The number of thiophene rings is 1. The van der Waals surface area contributed by atoms with Crippen LogP contribution in [-0.4, -0.2) is 48.1 Å². The Kier molecular flexibility index (Phi) is 5.69. The Balaban J connectivity index is 1.89. The van der Waals surface area contributed by atoms with Crippen LogP contribution in [0.15, 0.2) is 11.4 Å². The Morgan fingerprint density at radius 3 is 2.96 bits per heavy atom. The van der Waals surface area contributed by atoms with E-state index in [1.54, 1.807) is 11.4 Å². The third kappa shape index (κ3) is 4.28. The van der Waals surface area contributed by atoms with E-state index in [0.29, 0.717) is 31.5 Å². The molecule has 1 atom stereocenters. The molecule has 0 aromatic carbocycles. The van der Waals surface area contributed by atoms with Gasteiger partial charge in [-0.3, -0.25) is 19.8 Å². The quantitative estimate of drug-likeness (QED) is 0.300. The summed E-state index contributed by atoms with van der Waals surface area (Å²) in [7, 11) is 0. The van der Waals surface area contributed by atoms with Crippen molar-refractivity contribution in [2.45, 2.75) is 25.4 Å². The van der Waals surface area contributed by atoms with Gasteiger partial charge in [-0.1, -0.05) is 0 Å². The molecule has 0 spiro atoms. The molecule has 1 aromatic heterocycles. The van der Waals surface area contributed by atoms with E-state index in [1.807, 2.05) is 0 Å². The monoisotopic (exact) mass is 337 g/mol. The summed E-state index contributed by atoms with van der Waals surface area (Å²) in [5.74, 6) is -0.474. The summed E-state index contributed by atoms with van der Waals surface area (Å²) < 4.78 is 0. The molecule has 1 aromatic rings. The number of carbonyl (C=O) groups is 3. The fraction of sp³-hybridized carbons (Fsp3) is 0.429. The minimum absolute atomic E-state index is 0.00549. The van der Waals surface area contributed by atoms with E-state index in [9.17, 15) is 14.4 Å². The average Bonchev–Trinajstić information content (AvgIpc) is 3.19. The van der Waals surface area contributed by atoms with E-state index in [0.717, 1.165) is 11.3 Å². The number of nitrogens with one attached hydrogen (secondary N) is 3. The van der Waals surface area contributed by atoms with Gasteiger partial charge in [-0.05, 0) is 18.9 Å². The van der Waals surface area contributed by atoms with Crippen LogP contribution in [-0.2, 0) is 20.9 Å². The second-order valence-electron chi connectivity index (χ2n) is 5.18. The van der Waals surface area contributed by atoms with Crippen molar-refractivity contribution in [3.8, 4) is 0 Å². The van der Waals surface area contributed by atoms with Crippen LogP contribution >= 0.6 is 11.3 Å². The second kappa shape index (κ2) is 7.73. The lowest BCUT2D eigenvalue weighted by molar-refractivity contribution is -0.138. The van der Waals surface area contributed by atoms with Crippen molar-refractivity contribution >= 4 is 35.4 Å². The normalized spacial score (nSPS) is 16.9. The van der Waals surface area contributed by atoms with Gasteiger partial charge in [0.15, 0.2) is 0 Å². The van der Waals surface area contributed by atoms with Gasteiger partial charge in [-0.2, -0.15) is 0 Å². The average molecular weight is 337 g/mol. The van der Waals surface area contributed by atoms with Gasteiger partial charge in [0.25, 0.3) is 0 Å². The van der Waals surface area contributed by atoms with E-state index in [-0.39, 0.29) is 24.2 Å². The summed E-state index contributed by atoms with van der Waals surface area (Å²) in [6.45, 7) is 0.757. The molecule has 1 aliphatic rings. The van der Waals surface area contributed by atoms with E-state index in [2.05, 4.69) is 10.6 Å². The number of rotatable bonds is 7. The van der Waals surface area contributed by atoms with Crippen LogP contribution in [0.5, 0.6) is 0 Å². The molecule has 3 amide bonds. The van der Waals surface area contributed by atoms with Crippen LogP contribution < -0.4 is 16.4 Å². The van der Waals surface area contributed by atoms with Gasteiger partial charge >= 0.3 is 0 Å². The zero-order valence-electron chi connectivity index (χ0n) is 12.5. The Morgan fingerprint density at radius 2 is 2.30 bits per heavy atom. The smallest absolute Gasteiger partial charge is 0.243 e. The molecule has 23 heavy (non-hydrogen) atoms. The number of carbonyl (C=O) groups excluding carboxylic acids is 3. The van der Waals surface area contributed by atoms with Crippen molar-refractivity contribution in [3.63, 3.8) is 0 Å². The summed E-state index contributed by atoms with van der Waals surface area (Å²) in [6, 6.07) is 1.27. The van der Waals surface area contributed by atoms with E-state index in [1.165, 1.54) is 16.2 Å². The number of nitrogens with two attached hydrogens (primary N) is 1. The standard InChI is InChI=1S/C14H19N5O3S/c15-13(16)9-4-10(23-7-9)5-18-14(22)11-2-1-3-19(11)12(21)6-17-8-20/h4,7-8,11H,1-3,5-6H2,(H3,15,16)(H,17,20)(H,18,22). The van der Waals surface area contributed by atoms with Crippen LogP contribution in [0.3, 0.4) is 0 Å². The van der Waals surface area contributed by atoms with Crippen LogP contribution in [0.25, 0.3) is 0 Å². The van der Waals surface area contributed by atoms with Gasteiger partial charge < -0.3 is 21.3 Å². The molecule has 0 aliphatic carbocycles. The third-order valence-electron chi connectivity index (χ3n) is 3.61. The number of nitrogens with zero attached hydrogens (tertiary/aromatic N) is 1. The zero-order valence-corrected chi connectivity index (χ0v) is 13.3. The second-order valence-corrected chi connectivity index (χ2v) is 6.17. The number of amidine groups is 1. The van der Waals surface area contributed by atoms with E-state index < -0.39 is 6.04 Å². The minimum Gasteiger partial charge on any atom is -0.384 e. The van der Waals surface area contributed by atoms with Crippen molar-refractivity contribution in [1.82, 2.24) is 15.5 Å². The summed E-state index contributed by atoms with van der Waals surface area (Å²) in [5, 5.41) is 14.2. The Labute approximate surface area is 137 Å². The van der Waals surface area contributed by atoms with Crippen molar-refractivity contribution in [1.29, 1.82) is 5.41 Å². The first-order valence-corrected chi connectivity index (χ1v) is 8.07. The fourth-order valence-electron chi connectivity index (χ4n) is 2.47. The molecular weight excluding hydrogens is 318 g/mol. The SMILES string of the molecule is N=C(N)c1csc(CNC(=O)C2CCCN2C(=O)CNC=O)c1. The van der Waals surface area contributed by atoms with Crippen molar-refractivity contribution < 1.29 is 14.4 Å². The van der Waals surface area contributed by atoms with Gasteiger partial charge in [0.05, 0.1) is 13.1 Å². The maximum Gasteiger partial charge on any atom is 0.243 e. The summed E-state index contributed by atoms with van der Waals surface area (Å²) in [6.07, 6.45) is 1.84. The summed E-state index contributed by atoms with van der Waals surface area (Å²) in [5.41, 5.74) is 6.04. The molecule has 1 saturated heterocycles. The molecule has 5 N–H and O–H groups in total. The molecule has 2 heterocycles. The van der Waals surface area contributed by atoms with Crippen molar-refractivity contribution in [2.75, 3.05) is 13.1 Å². The molecule has 0 radical (unpaired) electrons. The third-order valence-corrected chi connectivity index (χ3v) is 4.55. The highest BCUT2D eigenvalue weighted by Gasteiger charge is 2.33. The first-order valence-electron chi connectivity index (χ1n) is 7.19. The Morgan fingerprint density at radius 1 is 1.52 bits per heavy atom. The largest absolute Gasteiger partial charge is 0.384 e. The van der Waals surface area contributed by atoms with Crippen LogP contribution in [0.2, 0.25) is 0 Å². The molecule has 0 bridgehead atoms. The fourth-order valence-corrected chi connectivity index (χ4v) is 3.30. The predicted octanol–water partition coefficient (Wildman–Crippen LogP) is -0.615. The van der Waals surface area contributed by atoms with E-state index >= 15 is 0 Å². The van der Waals surface area contributed by atoms with Crippen LogP contribution in [0.4, 0.5) is 0 Å². The number of hydrogen-bond donors (Lipinski definition) is 4. The molecule has 1 aliphatic heterocycles. The molecule has 124 valence electrons.